The Bertz CT molecular complexity index is 1410. The summed E-state index contributed by atoms with van der Waals surface area (Å²) in [6.07, 6.45) is 3.08. The van der Waals surface area contributed by atoms with Gasteiger partial charge in [-0.25, -0.2) is 18.7 Å². The van der Waals surface area contributed by atoms with Crippen molar-refractivity contribution in [3.63, 3.8) is 0 Å². The van der Waals surface area contributed by atoms with Gasteiger partial charge in [0.05, 0.1) is 22.9 Å². The molecule has 9 nitrogen and oxygen atoms in total. The second-order valence-corrected chi connectivity index (χ2v) is 6.87. The monoisotopic (exact) mass is 434 g/mol. The van der Waals surface area contributed by atoms with Crippen LogP contribution in [-0.2, 0) is 6.54 Å². The van der Waals surface area contributed by atoms with Crippen LogP contribution >= 0.6 is 0 Å². The molecule has 0 fully saturated rings. The van der Waals surface area contributed by atoms with Crippen molar-refractivity contribution >= 4 is 5.69 Å². The van der Waals surface area contributed by atoms with Crippen molar-refractivity contribution in [1.82, 2.24) is 24.9 Å². The molecule has 2 aromatic carbocycles. The molecule has 0 radical (unpaired) electrons. The first-order valence-electron chi connectivity index (χ1n) is 9.33. The summed E-state index contributed by atoms with van der Waals surface area (Å²) >= 11 is 0. The maximum atomic E-state index is 14.1. The topological polar surface area (TPSA) is 113 Å². The van der Waals surface area contributed by atoms with Crippen LogP contribution in [0.4, 0.5) is 14.5 Å². The molecule has 0 aliphatic carbocycles. The summed E-state index contributed by atoms with van der Waals surface area (Å²) in [7, 11) is 0. The quantitative estimate of drug-likeness (QED) is 0.299. The van der Waals surface area contributed by atoms with Gasteiger partial charge in [0.1, 0.15) is 23.6 Å². The molecular formula is C21H12F2N6O3. The van der Waals surface area contributed by atoms with Gasteiger partial charge in [0.25, 0.3) is 5.69 Å². The van der Waals surface area contributed by atoms with Crippen LogP contribution in [0.1, 0.15) is 5.76 Å². The molecule has 32 heavy (non-hydrogen) atoms. The predicted octanol–water partition coefficient (Wildman–Crippen LogP) is 4.33. The maximum Gasteiger partial charge on any atom is 0.269 e. The van der Waals surface area contributed by atoms with Crippen LogP contribution in [0.2, 0.25) is 0 Å². The number of nitrogens with zero attached hydrogens (tertiary/aromatic N) is 6. The van der Waals surface area contributed by atoms with Crippen LogP contribution in [0, 0.1) is 21.7 Å². The average molecular weight is 434 g/mol. The molecule has 158 valence electrons. The van der Waals surface area contributed by atoms with Crippen LogP contribution in [0.5, 0.6) is 0 Å². The Labute approximate surface area is 178 Å². The highest BCUT2D eigenvalue weighted by atomic mass is 19.2. The van der Waals surface area contributed by atoms with Gasteiger partial charge in [-0.3, -0.25) is 14.8 Å². The molecule has 3 aromatic rings. The molecule has 0 unspecified atom stereocenters. The first-order valence-corrected chi connectivity index (χ1v) is 9.33. The summed E-state index contributed by atoms with van der Waals surface area (Å²) in [5.74, 6) is -1.43. The molecule has 0 bridgehead atoms. The molecule has 0 spiro atoms. The molecule has 0 saturated carbocycles. The van der Waals surface area contributed by atoms with Crippen molar-refractivity contribution in [2.75, 3.05) is 0 Å². The summed E-state index contributed by atoms with van der Waals surface area (Å²) in [5, 5.41) is 19.0. The maximum absolute atomic E-state index is 14.1. The lowest BCUT2D eigenvalue weighted by Crippen LogP contribution is -2.04. The normalized spacial score (nSPS) is 11.2. The highest BCUT2D eigenvalue weighted by Gasteiger charge is 2.18. The third-order valence-electron chi connectivity index (χ3n) is 4.76. The van der Waals surface area contributed by atoms with E-state index < -0.39 is 16.6 Å². The highest BCUT2D eigenvalue weighted by molar-refractivity contribution is 5.65. The van der Waals surface area contributed by atoms with E-state index in [1.165, 1.54) is 30.5 Å². The summed E-state index contributed by atoms with van der Waals surface area (Å²) in [5.41, 5.74) is 2.03. The largest absolute Gasteiger partial charge is 0.359 e. The summed E-state index contributed by atoms with van der Waals surface area (Å²) in [4.78, 5) is 18.8. The zero-order chi connectivity index (χ0) is 22.2. The number of fused-ring (bicyclic) bond motifs is 1. The van der Waals surface area contributed by atoms with Crippen LogP contribution < -0.4 is 0 Å². The molecular weight excluding hydrogens is 422 g/mol. The number of aromatic nitrogens is 5. The highest BCUT2D eigenvalue weighted by Crippen LogP contribution is 2.27. The van der Waals surface area contributed by atoms with Gasteiger partial charge in [-0.1, -0.05) is 11.2 Å². The molecule has 2 aliphatic rings. The molecule has 0 amide bonds. The van der Waals surface area contributed by atoms with Gasteiger partial charge in [0, 0.05) is 23.8 Å². The van der Waals surface area contributed by atoms with E-state index >= 15 is 0 Å². The Balaban J connectivity index is 1.39. The van der Waals surface area contributed by atoms with E-state index in [1.54, 1.807) is 29.1 Å². The lowest BCUT2D eigenvalue weighted by Gasteiger charge is -2.03. The zero-order valence-corrected chi connectivity index (χ0v) is 16.1. The number of imidazole rings is 1. The van der Waals surface area contributed by atoms with E-state index in [1.807, 2.05) is 0 Å². The van der Waals surface area contributed by atoms with Crippen LogP contribution in [-0.4, -0.2) is 29.8 Å². The second-order valence-electron chi connectivity index (χ2n) is 6.87. The lowest BCUT2D eigenvalue weighted by atomic mass is 10.1. The molecule has 1 aromatic heterocycles. The standard InChI is InChI=1S/C21H12F2N6O3/c22-16-3-1-2-15(20(16)23)21-25-18-9-24-28(11-19(18)26-21)10-14-8-17(27-32-14)12-4-6-13(7-5-12)29(30)31/h1-9,11H,10H2. The fraction of sp³-hybridized carbons (Fsp3) is 0.0476. The molecule has 0 N–H and O–H groups in total. The van der Waals surface area contributed by atoms with E-state index in [9.17, 15) is 18.9 Å². The SMILES string of the molecule is O=[N+]([O-])c1ccc(-c2cc(Cn3cc4nc(-c5cccc(F)c5F)nc-4cn3)on2)cc1. The number of rotatable bonds is 5. The van der Waals surface area contributed by atoms with Gasteiger partial charge >= 0.3 is 0 Å². The number of halogens is 2. The van der Waals surface area contributed by atoms with Gasteiger partial charge < -0.3 is 4.52 Å². The molecule has 11 heteroatoms. The number of non-ortho nitro benzene ring substituents is 1. The fourth-order valence-corrected chi connectivity index (χ4v) is 3.18. The average Bonchev–Trinajstić information content (AvgIpc) is 3.42. The molecule has 5 rings (SSSR count). The Morgan fingerprint density at radius 1 is 1.03 bits per heavy atom. The summed E-state index contributed by atoms with van der Waals surface area (Å²) in [6.45, 7) is 0.229. The number of nitro benzene ring substituents is 1. The number of hydrogen-bond donors (Lipinski definition) is 0. The number of hydrogen-bond acceptors (Lipinski definition) is 7. The fourth-order valence-electron chi connectivity index (χ4n) is 3.18. The third kappa shape index (κ3) is 3.55. The van der Waals surface area contributed by atoms with E-state index in [0.29, 0.717) is 28.4 Å². The van der Waals surface area contributed by atoms with Crippen molar-refractivity contribution in [2.24, 2.45) is 0 Å². The third-order valence-corrected chi connectivity index (χ3v) is 4.76. The van der Waals surface area contributed by atoms with Gasteiger partial charge in [-0.15, -0.1) is 0 Å². The Hall–Kier alpha value is -4.54. The van der Waals surface area contributed by atoms with Crippen molar-refractivity contribution in [1.29, 1.82) is 0 Å². The van der Waals surface area contributed by atoms with Crippen LogP contribution in [0.25, 0.3) is 34.0 Å². The van der Waals surface area contributed by atoms with Gasteiger partial charge in [-0.2, -0.15) is 5.10 Å². The Kier molecular flexibility index (Phi) is 4.62. The minimum Gasteiger partial charge on any atom is -0.359 e. The first-order chi connectivity index (χ1) is 15.5. The smallest absolute Gasteiger partial charge is 0.269 e. The van der Waals surface area contributed by atoms with Crippen molar-refractivity contribution < 1.29 is 18.2 Å². The van der Waals surface area contributed by atoms with E-state index in [2.05, 4.69) is 20.2 Å². The minimum atomic E-state index is -1.01. The minimum absolute atomic E-state index is 0.0150. The summed E-state index contributed by atoms with van der Waals surface area (Å²) in [6, 6.07) is 11.5. The number of benzene rings is 2. The first kappa shape index (κ1) is 19.4. The second kappa shape index (κ2) is 7.61. The van der Waals surface area contributed by atoms with Crippen LogP contribution in [0.3, 0.4) is 0 Å². The Morgan fingerprint density at radius 2 is 1.81 bits per heavy atom. The summed E-state index contributed by atoms with van der Waals surface area (Å²) < 4.78 is 34.5. The Morgan fingerprint density at radius 3 is 2.59 bits per heavy atom. The van der Waals surface area contributed by atoms with Gasteiger partial charge in [0.2, 0.25) is 0 Å². The lowest BCUT2D eigenvalue weighted by molar-refractivity contribution is -0.384. The van der Waals surface area contributed by atoms with E-state index in [4.69, 9.17) is 4.52 Å². The zero-order valence-electron chi connectivity index (χ0n) is 16.1. The predicted molar refractivity (Wildman–Crippen MR) is 107 cm³/mol. The van der Waals surface area contributed by atoms with Crippen molar-refractivity contribution in [2.45, 2.75) is 6.54 Å². The molecule has 0 atom stereocenters. The van der Waals surface area contributed by atoms with E-state index in [-0.39, 0.29) is 23.6 Å². The van der Waals surface area contributed by atoms with Crippen molar-refractivity contribution in [3.8, 4) is 34.0 Å². The van der Waals surface area contributed by atoms with E-state index in [0.717, 1.165) is 6.07 Å². The molecule has 0 saturated heterocycles. The number of nitro groups is 1. The van der Waals surface area contributed by atoms with Crippen molar-refractivity contribution in [3.05, 3.63) is 88.4 Å². The van der Waals surface area contributed by atoms with Crippen LogP contribution in [0.15, 0.2) is 65.4 Å². The molecule has 2 aliphatic heterocycles. The molecule has 3 heterocycles. The van der Waals surface area contributed by atoms with Gasteiger partial charge in [-0.05, 0) is 24.3 Å². The van der Waals surface area contributed by atoms with Gasteiger partial charge in [0.15, 0.2) is 23.2 Å².